The molecule has 1 rings (SSSR count). The van der Waals surface area contributed by atoms with E-state index in [9.17, 15) is 4.79 Å². The summed E-state index contributed by atoms with van der Waals surface area (Å²) in [5.41, 5.74) is 2.49. The zero-order chi connectivity index (χ0) is 13.7. The topological polar surface area (TPSA) is 47.3 Å². The maximum atomic E-state index is 11.8. The molecule has 0 aliphatic heterocycles. The number of aryl methyl sites for hydroxylation is 1. The number of rotatable bonds is 4. The second-order valence-electron chi connectivity index (χ2n) is 4.39. The summed E-state index contributed by atoms with van der Waals surface area (Å²) in [5.74, 6) is 0.0315. The van der Waals surface area contributed by atoms with Gasteiger partial charge in [-0.3, -0.25) is 4.79 Å². The minimum absolute atomic E-state index is 0.0315. The molecular weight excluding hydrogens is 226 g/mol. The molecule has 0 aliphatic carbocycles. The molecule has 0 unspecified atom stereocenters. The molecule has 0 radical (unpaired) electrons. The Kier molecular flexibility index (Phi) is 4.73. The zero-order valence-electron chi connectivity index (χ0n) is 11.4. The minimum Gasteiger partial charge on any atom is -0.361 e. The van der Waals surface area contributed by atoms with Crippen LogP contribution < -0.4 is 4.90 Å². The standard InChI is InChI=1S/C14H19N3O/c1-5-17(10-13(18)16(3)4)14-11(2)7-6-8-12(14)9-15/h6-8H,5,10H2,1-4H3. The average Bonchev–Trinajstić information content (AvgIpc) is 2.35. The van der Waals surface area contributed by atoms with Crippen molar-refractivity contribution in [1.82, 2.24) is 4.90 Å². The number of hydrogen-bond donors (Lipinski definition) is 0. The van der Waals surface area contributed by atoms with Crippen molar-refractivity contribution < 1.29 is 4.79 Å². The number of carbonyl (C=O) groups excluding carboxylic acids is 1. The lowest BCUT2D eigenvalue weighted by Gasteiger charge is -2.26. The van der Waals surface area contributed by atoms with E-state index in [-0.39, 0.29) is 5.91 Å². The Morgan fingerprint density at radius 2 is 2.06 bits per heavy atom. The molecule has 0 fully saturated rings. The van der Waals surface area contributed by atoms with Gasteiger partial charge in [-0.2, -0.15) is 5.26 Å². The summed E-state index contributed by atoms with van der Waals surface area (Å²) in [4.78, 5) is 15.3. The molecule has 96 valence electrons. The number of amides is 1. The number of para-hydroxylation sites is 1. The van der Waals surface area contributed by atoms with Crippen LogP contribution in [0.2, 0.25) is 0 Å². The molecule has 0 aromatic heterocycles. The molecule has 4 heteroatoms. The summed E-state index contributed by atoms with van der Waals surface area (Å²) in [5, 5.41) is 9.16. The van der Waals surface area contributed by atoms with Crippen molar-refractivity contribution in [3.8, 4) is 6.07 Å². The molecule has 0 heterocycles. The number of anilines is 1. The van der Waals surface area contributed by atoms with Crippen molar-refractivity contribution in [2.24, 2.45) is 0 Å². The van der Waals surface area contributed by atoms with Crippen LogP contribution in [0.15, 0.2) is 18.2 Å². The van der Waals surface area contributed by atoms with E-state index in [2.05, 4.69) is 6.07 Å². The highest BCUT2D eigenvalue weighted by molar-refractivity contribution is 5.82. The van der Waals surface area contributed by atoms with Crippen molar-refractivity contribution >= 4 is 11.6 Å². The molecule has 0 saturated carbocycles. The summed E-state index contributed by atoms with van der Waals surface area (Å²) in [7, 11) is 3.47. The van der Waals surface area contributed by atoms with Crippen molar-refractivity contribution in [3.63, 3.8) is 0 Å². The highest BCUT2D eigenvalue weighted by Crippen LogP contribution is 2.24. The largest absolute Gasteiger partial charge is 0.361 e. The normalized spacial score (nSPS) is 9.72. The molecule has 1 aromatic rings. The van der Waals surface area contributed by atoms with E-state index >= 15 is 0 Å². The van der Waals surface area contributed by atoms with E-state index in [4.69, 9.17) is 5.26 Å². The molecule has 0 aliphatic rings. The molecular formula is C14H19N3O. The first-order chi connectivity index (χ1) is 8.51. The maximum Gasteiger partial charge on any atom is 0.241 e. The summed E-state index contributed by atoms with van der Waals surface area (Å²) >= 11 is 0. The molecule has 4 nitrogen and oxygen atoms in total. The first-order valence-corrected chi connectivity index (χ1v) is 5.96. The highest BCUT2D eigenvalue weighted by atomic mass is 16.2. The van der Waals surface area contributed by atoms with Crippen LogP contribution in [0.4, 0.5) is 5.69 Å². The van der Waals surface area contributed by atoms with Crippen LogP contribution in [0.5, 0.6) is 0 Å². The molecule has 1 amide bonds. The number of carbonyl (C=O) groups is 1. The number of benzene rings is 1. The fourth-order valence-electron chi connectivity index (χ4n) is 1.82. The van der Waals surface area contributed by atoms with E-state index < -0.39 is 0 Å². The lowest BCUT2D eigenvalue weighted by atomic mass is 10.1. The fraction of sp³-hybridized carbons (Fsp3) is 0.429. The SMILES string of the molecule is CCN(CC(=O)N(C)C)c1c(C)cccc1C#N. The molecule has 0 saturated heterocycles. The molecule has 0 spiro atoms. The molecule has 0 bridgehead atoms. The number of hydrogen-bond acceptors (Lipinski definition) is 3. The van der Waals surface area contributed by atoms with Crippen LogP contribution in [-0.4, -0.2) is 38.0 Å². The summed E-state index contributed by atoms with van der Waals surface area (Å²) in [6, 6.07) is 7.79. The maximum absolute atomic E-state index is 11.8. The summed E-state index contributed by atoms with van der Waals surface area (Å²) in [6.07, 6.45) is 0. The van der Waals surface area contributed by atoms with Crippen LogP contribution in [-0.2, 0) is 4.79 Å². The monoisotopic (exact) mass is 245 g/mol. The second-order valence-corrected chi connectivity index (χ2v) is 4.39. The third kappa shape index (κ3) is 3.01. The Bertz CT molecular complexity index is 474. The lowest BCUT2D eigenvalue weighted by molar-refractivity contribution is -0.127. The number of likely N-dealkylation sites (N-methyl/N-ethyl adjacent to an activating group) is 2. The fourth-order valence-corrected chi connectivity index (χ4v) is 1.82. The second kappa shape index (κ2) is 6.06. The Morgan fingerprint density at radius 1 is 1.39 bits per heavy atom. The van der Waals surface area contributed by atoms with Gasteiger partial charge in [0.05, 0.1) is 17.8 Å². The van der Waals surface area contributed by atoms with Crippen molar-refractivity contribution in [2.45, 2.75) is 13.8 Å². The average molecular weight is 245 g/mol. The predicted octanol–water partition coefficient (Wildman–Crippen LogP) is 1.78. The Labute approximate surface area is 108 Å². The van der Waals surface area contributed by atoms with Crippen LogP contribution in [0, 0.1) is 18.3 Å². The van der Waals surface area contributed by atoms with Crippen molar-refractivity contribution in [2.75, 3.05) is 32.1 Å². The molecule has 0 atom stereocenters. The van der Waals surface area contributed by atoms with Crippen LogP contribution in [0.25, 0.3) is 0 Å². The summed E-state index contributed by atoms with van der Waals surface area (Å²) < 4.78 is 0. The number of nitrogens with zero attached hydrogens (tertiary/aromatic N) is 3. The molecule has 18 heavy (non-hydrogen) atoms. The first-order valence-electron chi connectivity index (χ1n) is 5.96. The highest BCUT2D eigenvalue weighted by Gasteiger charge is 2.16. The Morgan fingerprint density at radius 3 is 2.56 bits per heavy atom. The van der Waals surface area contributed by atoms with Crippen molar-refractivity contribution in [3.05, 3.63) is 29.3 Å². The van der Waals surface area contributed by atoms with E-state index in [0.29, 0.717) is 18.7 Å². The van der Waals surface area contributed by atoms with Gasteiger partial charge in [0.1, 0.15) is 6.07 Å². The van der Waals surface area contributed by atoms with E-state index in [1.807, 2.05) is 30.9 Å². The van der Waals surface area contributed by atoms with Gasteiger partial charge >= 0.3 is 0 Å². The van der Waals surface area contributed by atoms with Gasteiger partial charge in [-0.25, -0.2) is 0 Å². The van der Waals surface area contributed by atoms with Gasteiger partial charge in [-0.15, -0.1) is 0 Å². The van der Waals surface area contributed by atoms with Gasteiger partial charge in [-0.1, -0.05) is 12.1 Å². The van der Waals surface area contributed by atoms with Gasteiger partial charge in [0.25, 0.3) is 0 Å². The smallest absolute Gasteiger partial charge is 0.241 e. The third-order valence-electron chi connectivity index (χ3n) is 2.88. The Balaban J connectivity index is 3.10. The van der Waals surface area contributed by atoms with Crippen LogP contribution in [0.1, 0.15) is 18.1 Å². The number of nitriles is 1. The zero-order valence-corrected chi connectivity index (χ0v) is 11.4. The van der Waals surface area contributed by atoms with Gasteiger partial charge in [-0.05, 0) is 25.5 Å². The summed E-state index contributed by atoms with van der Waals surface area (Å²) in [6.45, 7) is 4.93. The minimum atomic E-state index is 0.0315. The van der Waals surface area contributed by atoms with E-state index in [1.165, 1.54) is 0 Å². The van der Waals surface area contributed by atoms with Gasteiger partial charge in [0, 0.05) is 20.6 Å². The van der Waals surface area contributed by atoms with Crippen LogP contribution >= 0.6 is 0 Å². The van der Waals surface area contributed by atoms with Crippen LogP contribution in [0.3, 0.4) is 0 Å². The molecule has 0 N–H and O–H groups in total. The van der Waals surface area contributed by atoms with E-state index in [0.717, 1.165) is 11.3 Å². The van der Waals surface area contributed by atoms with E-state index in [1.54, 1.807) is 25.1 Å². The Hall–Kier alpha value is -2.02. The third-order valence-corrected chi connectivity index (χ3v) is 2.88. The van der Waals surface area contributed by atoms with Gasteiger partial charge < -0.3 is 9.80 Å². The first kappa shape index (κ1) is 14.0. The predicted molar refractivity (Wildman–Crippen MR) is 72.5 cm³/mol. The molecule has 1 aromatic carbocycles. The van der Waals surface area contributed by atoms with Crippen molar-refractivity contribution in [1.29, 1.82) is 5.26 Å². The lowest BCUT2D eigenvalue weighted by Crippen LogP contribution is -2.37. The van der Waals surface area contributed by atoms with Gasteiger partial charge in [0.2, 0.25) is 5.91 Å². The quantitative estimate of drug-likeness (QED) is 0.812. The van der Waals surface area contributed by atoms with Gasteiger partial charge in [0.15, 0.2) is 0 Å².